The molecule has 4 heterocycles. The highest BCUT2D eigenvalue weighted by Crippen LogP contribution is 2.44. The molecule has 0 saturated carbocycles. The van der Waals surface area contributed by atoms with E-state index in [1.165, 1.54) is 17.9 Å². The number of aryl methyl sites for hydroxylation is 1. The van der Waals surface area contributed by atoms with Gasteiger partial charge in [0, 0.05) is 37.6 Å². The Hall–Kier alpha value is -4.29. The van der Waals surface area contributed by atoms with Crippen molar-refractivity contribution in [3.63, 3.8) is 0 Å². The molecule has 2 fully saturated rings. The summed E-state index contributed by atoms with van der Waals surface area (Å²) in [7, 11) is 1.95. The minimum atomic E-state index is -4.92. The number of piperazine rings is 1. The summed E-state index contributed by atoms with van der Waals surface area (Å²) in [6.07, 6.45) is -4.08. The van der Waals surface area contributed by atoms with E-state index in [2.05, 4.69) is 38.2 Å². The maximum absolute atomic E-state index is 16.6. The van der Waals surface area contributed by atoms with Crippen molar-refractivity contribution in [1.29, 1.82) is 0 Å². The molecule has 3 aromatic rings. The maximum Gasteiger partial charge on any atom is 0.418 e. The van der Waals surface area contributed by atoms with Gasteiger partial charge in [-0.15, -0.1) is 0 Å². The van der Waals surface area contributed by atoms with Crippen molar-refractivity contribution in [2.45, 2.75) is 38.5 Å². The monoisotopic (exact) mass is 678 g/mol. The number of nitrogens with two attached hydrogens (primary N) is 1. The number of nitrogens with zero attached hydrogens (tertiary/aromatic N) is 7. The Balaban J connectivity index is 1.67. The fourth-order valence-corrected chi connectivity index (χ4v) is 6.66. The summed E-state index contributed by atoms with van der Waals surface area (Å²) in [6.45, 7) is 14.6. The van der Waals surface area contributed by atoms with Gasteiger partial charge in [0.15, 0.2) is 11.6 Å². The predicted octanol–water partition coefficient (Wildman–Crippen LogP) is 5.53. The van der Waals surface area contributed by atoms with Crippen LogP contribution in [0.15, 0.2) is 24.5 Å². The Morgan fingerprint density at radius 3 is 2.55 bits per heavy atom. The van der Waals surface area contributed by atoms with Crippen LogP contribution in [0.3, 0.4) is 0 Å². The first-order valence-corrected chi connectivity index (χ1v) is 15.1. The molecule has 10 nitrogen and oxygen atoms in total. The molecule has 2 aliphatic heterocycles. The molecule has 2 N–H and O–H groups in total. The van der Waals surface area contributed by atoms with Gasteiger partial charge in [-0.25, -0.2) is 20.3 Å². The number of alkyl halides is 3. The van der Waals surface area contributed by atoms with Gasteiger partial charge in [0.25, 0.3) is 5.91 Å². The van der Waals surface area contributed by atoms with Crippen molar-refractivity contribution in [1.82, 2.24) is 24.8 Å². The lowest BCUT2D eigenvalue weighted by Gasteiger charge is -2.39. The second kappa shape index (κ2) is 13.1. The number of hydrogen-bond acceptors (Lipinski definition) is 8. The van der Waals surface area contributed by atoms with Gasteiger partial charge in [0.05, 0.1) is 21.8 Å². The lowest BCUT2D eigenvalue weighted by Crippen LogP contribution is -2.56. The summed E-state index contributed by atoms with van der Waals surface area (Å²) in [5.74, 6) is -3.06. The van der Waals surface area contributed by atoms with Gasteiger partial charge in [-0.2, -0.15) is 23.1 Å². The number of rotatable bonds is 7. The van der Waals surface area contributed by atoms with E-state index in [4.69, 9.17) is 28.6 Å². The average Bonchev–Trinajstić information content (AvgIpc) is 3.30. The number of hydrogen-bond donors (Lipinski definition) is 1. The lowest BCUT2D eigenvalue weighted by atomic mass is 9.99. The van der Waals surface area contributed by atoms with Crippen molar-refractivity contribution in [3.05, 3.63) is 57.9 Å². The molecule has 0 radical (unpaired) electrons. The van der Waals surface area contributed by atoms with E-state index in [1.54, 1.807) is 4.90 Å². The fraction of sp³-hybridized carbons (Fsp3) is 0.452. The summed E-state index contributed by atoms with van der Waals surface area (Å²) in [4.78, 5) is 33.5. The molecule has 0 aliphatic carbocycles. The van der Waals surface area contributed by atoms with Gasteiger partial charge in [0.1, 0.15) is 29.8 Å². The summed E-state index contributed by atoms with van der Waals surface area (Å²) >= 11 is 6.53. The number of pyridine rings is 1. The molecule has 16 heteroatoms. The molecule has 250 valence electrons. The van der Waals surface area contributed by atoms with E-state index in [0.717, 1.165) is 19.0 Å². The van der Waals surface area contributed by atoms with Crippen LogP contribution in [0.1, 0.15) is 24.5 Å². The number of anilines is 2. The Kier molecular flexibility index (Phi) is 9.47. The third kappa shape index (κ3) is 6.75. The average molecular weight is 679 g/mol. The SMILES string of the molecule is [C-]#[N+]C[C@@H]1CN(c2nc(OC[C@@H]3C[C@@H](C)CN3C)nc3c(F)c(-c4nc(N)cc(C)c4C(F)(F)F)c(Cl)cc23)CCN1C(=O)C(=C)F. The Morgan fingerprint density at radius 2 is 1.94 bits per heavy atom. The first kappa shape index (κ1) is 34.1. The van der Waals surface area contributed by atoms with Crippen LogP contribution in [0.4, 0.5) is 33.6 Å². The molecule has 3 atom stereocenters. The number of ether oxygens (including phenoxy) is 1. The van der Waals surface area contributed by atoms with E-state index >= 15 is 4.39 Å². The zero-order valence-electron chi connectivity index (χ0n) is 25.8. The van der Waals surface area contributed by atoms with Gasteiger partial charge in [0.2, 0.25) is 6.54 Å². The van der Waals surface area contributed by atoms with Crippen LogP contribution in [0.5, 0.6) is 6.01 Å². The number of likely N-dealkylation sites (tertiary alicyclic amines) is 1. The quantitative estimate of drug-likeness (QED) is 0.198. The highest BCUT2D eigenvalue weighted by Gasteiger charge is 2.39. The fourth-order valence-electron chi connectivity index (χ4n) is 6.38. The molecule has 1 amide bonds. The Bertz CT molecular complexity index is 1780. The number of likely N-dealkylation sites (N-methyl/N-ethyl adjacent to an activating group) is 1. The number of carbonyl (C=O) groups is 1. The third-order valence-electron chi connectivity index (χ3n) is 8.48. The highest BCUT2D eigenvalue weighted by molar-refractivity contribution is 6.34. The molecule has 47 heavy (non-hydrogen) atoms. The smallest absolute Gasteiger partial charge is 0.418 e. The largest absolute Gasteiger partial charge is 0.462 e. The van der Waals surface area contributed by atoms with Gasteiger partial charge in [-0.3, -0.25) is 9.69 Å². The van der Waals surface area contributed by atoms with Crippen molar-refractivity contribution < 1.29 is 31.5 Å². The van der Waals surface area contributed by atoms with Crippen LogP contribution < -0.4 is 15.4 Å². The van der Waals surface area contributed by atoms with Crippen molar-refractivity contribution >= 4 is 40.0 Å². The summed E-state index contributed by atoms with van der Waals surface area (Å²) < 4.78 is 79.1. The Morgan fingerprint density at radius 1 is 1.21 bits per heavy atom. The molecular formula is C31H32ClF5N8O2. The summed E-state index contributed by atoms with van der Waals surface area (Å²) in [5, 5.41) is -0.362. The van der Waals surface area contributed by atoms with Crippen LogP contribution in [0.25, 0.3) is 27.0 Å². The molecule has 0 bridgehead atoms. The zero-order valence-corrected chi connectivity index (χ0v) is 26.6. The summed E-state index contributed by atoms with van der Waals surface area (Å²) in [5.41, 5.74) is 2.50. The first-order chi connectivity index (χ1) is 22.1. The van der Waals surface area contributed by atoms with Gasteiger partial charge < -0.3 is 25.1 Å². The topological polar surface area (TPSA) is 105 Å². The van der Waals surface area contributed by atoms with Gasteiger partial charge >= 0.3 is 12.2 Å². The molecule has 0 spiro atoms. The van der Waals surface area contributed by atoms with Gasteiger partial charge in [-0.05, 0) is 44.0 Å². The normalized spacial score (nSPS) is 20.5. The number of halogens is 6. The number of carbonyl (C=O) groups excluding carboxylic acids is 1. The number of nitrogen functional groups attached to an aromatic ring is 1. The second-order valence-corrected chi connectivity index (χ2v) is 12.4. The molecule has 5 rings (SSSR count). The standard InChI is InChI=1S/C31H32ClF5N8O2/c1-15-8-18(43(5)12-15)14-47-30-41-26-20(28(42-30)44-6-7-45(29(46)17(3)33)19(13-44)11-39-4)10-21(32)23(25(26)34)27-24(31(35,36)37)16(2)9-22(38)40-27/h9-10,15,18-19H,3,6-8,11-14H2,1-2,5H3,(H2,38,40)/t15-,18+,19-/m1/s1. The Labute approximate surface area is 272 Å². The highest BCUT2D eigenvalue weighted by atomic mass is 35.5. The number of amides is 1. The van der Waals surface area contributed by atoms with Crippen LogP contribution in [-0.4, -0.2) is 89.1 Å². The third-order valence-corrected chi connectivity index (χ3v) is 8.78. The van der Waals surface area contributed by atoms with E-state index in [0.29, 0.717) is 5.92 Å². The molecule has 1 aromatic carbocycles. The summed E-state index contributed by atoms with van der Waals surface area (Å²) in [6, 6.07) is 1.27. The molecule has 0 unspecified atom stereocenters. The first-order valence-electron chi connectivity index (χ1n) is 14.7. The molecule has 2 saturated heterocycles. The van der Waals surface area contributed by atoms with Crippen LogP contribution in [0.2, 0.25) is 5.02 Å². The van der Waals surface area contributed by atoms with Crippen LogP contribution in [-0.2, 0) is 11.0 Å². The molecule has 2 aromatic heterocycles. The molecular weight excluding hydrogens is 647 g/mol. The maximum atomic E-state index is 16.6. The minimum Gasteiger partial charge on any atom is -0.462 e. The van der Waals surface area contributed by atoms with Gasteiger partial charge in [-0.1, -0.05) is 25.1 Å². The number of fused-ring (bicyclic) bond motifs is 1. The van der Waals surface area contributed by atoms with Crippen molar-refractivity contribution in [2.75, 3.05) is 57.0 Å². The predicted molar refractivity (Wildman–Crippen MR) is 167 cm³/mol. The minimum absolute atomic E-state index is 0.00892. The van der Waals surface area contributed by atoms with Crippen LogP contribution in [0, 0.1) is 25.2 Å². The second-order valence-electron chi connectivity index (χ2n) is 11.9. The zero-order chi connectivity index (χ0) is 34.4. The lowest BCUT2D eigenvalue weighted by molar-refractivity contribution is -0.137. The number of aromatic nitrogens is 3. The molecule has 2 aliphatic rings. The van der Waals surface area contributed by atoms with E-state index in [9.17, 15) is 22.4 Å². The van der Waals surface area contributed by atoms with Crippen LogP contribution >= 0.6 is 11.6 Å². The van der Waals surface area contributed by atoms with E-state index < -0.39 is 51.6 Å². The van der Waals surface area contributed by atoms with Crippen molar-refractivity contribution in [2.24, 2.45) is 5.92 Å². The van der Waals surface area contributed by atoms with E-state index in [-0.39, 0.29) is 72.9 Å². The number of benzene rings is 1. The van der Waals surface area contributed by atoms with Crippen molar-refractivity contribution in [3.8, 4) is 17.3 Å². The van der Waals surface area contributed by atoms with E-state index in [1.807, 2.05) is 7.05 Å².